The molecule has 1 heterocycles. The summed E-state index contributed by atoms with van der Waals surface area (Å²) in [5.41, 5.74) is 0.836. The Morgan fingerprint density at radius 3 is 2.60 bits per heavy atom. The first-order chi connectivity index (χ1) is 9.41. The minimum absolute atomic E-state index is 0.117. The van der Waals surface area contributed by atoms with Gasteiger partial charge in [-0.3, -0.25) is 10.1 Å². The van der Waals surface area contributed by atoms with Crippen LogP contribution in [0.4, 0.5) is 0 Å². The lowest BCUT2D eigenvalue weighted by Gasteiger charge is -2.29. The Bertz CT molecular complexity index is 576. The molecular weight excluding hydrogens is 282 g/mol. The summed E-state index contributed by atoms with van der Waals surface area (Å²) in [4.78, 5) is 11.7. The number of rotatable bonds is 4. The summed E-state index contributed by atoms with van der Waals surface area (Å²) >= 11 is 0. The maximum absolute atomic E-state index is 12.4. The number of hydrogen-bond acceptors (Lipinski definition) is 5. The van der Waals surface area contributed by atoms with E-state index in [1.54, 1.807) is 0 Å². The lowest BCUT2D eigenvalue weighted by molar-refractivity contribution is -0.126. The molecule has 20 heavy (non-hydrogen) atoms. The van der Waals surface area contributed by atoms with Gasteiger partial charge in [0.15, 0.2) is 11.6 Å². The molecule has 7 nitrogen and oxygen atoms in total. The molecule has 1 amide bonds. The minimum Gasteiger partial charge on any atom is -0.361 e. The number of nitrogens with zero attached hydrogens (tertiary/aromatic N) is 1. The second-order valence-electron chi connectivity index (χ2n) is 4.59. The van der Waals surface area contributed by atoms with Crippen LogP contribution in [0.1, 0.15) is 5.56 Å². The fourth-order valence-corrected chi connectivity index (χ4v) is 3.39. The SMILES string of the molecule is CN(Cc1ccccc1)S(=O)(=O)C1CNC(O)NC1=O. The quantitative estimate of drug-likeness (QED) is 0.649. The van der Waals surface area contributed by atoms with Gasteiger partial charge in [-0.1, -0.05) is 30.3 Å². The second kappa shape index (κ2) is 5.88. The first-order valence-corrected chi connectivity index (χ1v) is 7.62. The molecule has 0 saturated carbocycles. The maximum atomic E-state index is 12.4. The van der Waals surface area contributed by atoms with Crippen molar-refractivity contribution in [1.82, 2.24) is 14.9 Å². The molecule has 1 aliphatic rings. The first kappa shape index (κ1) is 14.9. The van der Waals surface area contributed by atoms with E-state index in [2.05, 4.69) is 10.6 Å². The summed E-state index contributed by atoms with van der Waals surface area (Å²) in [6.07, 6.45) is -1.20. The van der Waals surface area contributed by atoms with E-state index in [1.165, 1.54) is 7.05 Å². The monoisotopic (exact) mass is 299 g/mol. The maximum Gasteiger partial charge on any atom is 0.244 e. The number of aliphatic hydroxyl groups is 1. The highest BCUT2D eigenvalue weighted by Gasteiger charge is 2.39. The molecular formula is C12H17N3O4S. The summed E-state index contributed by atoms with van der Waals surface area (Å²) in [5.74, 6) is -0.698. The van der Waals surface area contributed by atoms with Gasteiger partial charge in [0.05, 0.1) is 0 Å². The van der Waals surface area contributed by atoms with Crippen molar-refractivity contribution in [1.29, 1.82) is 0 Å². The van der Waals surface area contributed by atoms with Crippen LogP contribution < -0.4 is 10.6 Å². The van der Waals surface area contributed by atoms with Gasteiger partial charge in [0, 0.05) is 20.1 Å². The van der Waals surface area contributed by atoms with Crippen molar-refractivity contribution in [2.24, 2.45) is 0 Å². The van der Waals surface area contributed by atoms with Crippen molar-refractivity contribution >= 4 is 15.9 Å². The summed E-state index contributed by atoms with van der Waals surface area (Å²) in [6.45, 7) is 0.0734. The number of nitrogens with one attached hydrogen (secondary N) is 2. The lowest BCUT2D eigenvalue weighted by atomic mass is 10.2. The van der Waals surface area contributed by atoms with Crippen LogP contribution in [-0.4, -0.2) is 48.9 Å². The van der Waals surface area contributed by atoms with Gasteiger partial charge < -0.3 is 10.4 Å². The Morgan fingerprint density at radius 2 is 2.00 bits per heavy atom. The standard InChI is InChI=1S/C12H17N3O4S/c1-15(8-9-5-3-2-4-6-9)20(18,19)10-7-13-12(17)14-11(10)16/h2-6,10,12-13,17H,7-8H2,1H3,(H,14,16). The predicted octanol–water partition coefficient (Wildman–Crippen LogP) is -1.19. The predicted molar refractivity (Wildman–Crippen MR) is 72.8 cm³/mol. The van der Waals surface area contributed by atoms with Crippen LogP contribution in [0.25, 0.3) is 0 Å². The smallest absolute Gasteiger partial charge is 0.244 e. The van der Waals surface area contributed by atoms with Gasteiger partial charge in [-0.2, -0.15) is 4.31 Å². The number of hydrogen-bond donors (Lipinski definition) is 3. The average molecular weight is 299 g/mol. The highest BCUT2D eigenvalue weighted by molar-refractivity contribution is 7.90. The molecule has 0 bridgehead atoms. The second-order valence-corrected chi connectivity index (χ2v) is 6.82. The minimum atomic E-state index is -3.79. The van der Waals surface area contributed by atoms with Crippen molar-refractivity contribution in [3.8, 4) is 0 Å². The van der Waals surface area contributed by atoms with E-state index in [0.29, 0.717) is 0 Å². The molecule has 0 spiro atoms. The van der Waals surface area contributed by atoms with Gasteiger partial charge >= 0.3 is 0 Å². The topological polar surface area (TPSA) is 98.7 Å². The van der Waals surface area contributed by atoms with Crippen LogP contribution in [0.2, 0.25) is 0 Å². The zero-order valence-corrected chi connectivity index (χ0v) is 11.8. The molecule has 8 heteroatoms. The summed E-state index contributed by atoms with van der Waals surface area (Å²) < 4.78 is 25.8. The zero-order valence-electron chi connectivity index (χ0n) is 11.0. The van der Waals surface area contributed by atoms with Gasteiger partial charge in [-0.15, -0.1) is 0 Å². The fraction of sp³-hybridized carbons (Fsp3) is 0.417. The van der Waals surface area contributed by atoms with Gasteiger partial charge in [-0.25, -0.2) is 8.42 Å². The lowest BCUT2D eigenvalue weighted by Crippen LogP contribution is -2.62. The molecule has 2 unspecified atom stereocenters. The summed E-state index contributed by atoms with van der Waals surface area (Å²) in [6, 6.07) is 9.11. The number of carbonyl (C=O) groups is 1. The molecule has 3 N–H and O–H groups in total. The molecule has 0 radical (unpaired) electrons. The molecule has 0 aromatic heterocycles. The van der Waals surface area contributed by atoms with Gasteiger partial charge in [0.25, 0.3) is 0 Å². The molecule has 1 fully saturated rings. The first-order valence-electron chi connectivity index (χ1n) is 6.12. The number of carbonyl (C=O) groups excluding carboxylic acids is 1. The zero-order chi connectivity index (χ0) is 14.8. The van der Waals surface area contributed by atoms with E-state index in [1.807, 2.05) is 30.3 Å². The van der Waals surface area contributed by atoms with Gasteiger partial charge in [-0.05, 0) is 5.56 Å². The molecule has 2 rings (SSSR count). The molecule has 110 valence electrons. The van der Waals surface area contributed by atoms with E-state index in [9.17, 15) is 18.3 Å². The Labute approximate surface area is 117 Å². The van der Waals surface area contributed by atoms with Crippen molar-refractivity contribution in [3.05, 3.63) is 35.9 Å². The summed E-state index contributed by atoms with van der Waals surface area (Å²) in [5, 5.41) is 12.6. The van der Waals surface area contributed by atoms with Crippen LogP contribution in [-0.2, 0) is 21.4 Å². The largest absolute Gasteiger partial charge is 0.361 e. The van der Waals surface area contributed by atoms with Crippen LogP contribution in [0.3, 0.4) is 0 Å². The van der Waals surface area contributed by atoms with Crippen molar-refractivity contribution in [2.75, 3.05) is 13.6 Å². The third kappa shape index (κ3) is 3.15. The molecule has 1 aromatic rings. The van der Waals surface area contributed by atoms with Crippen LogP contribution in [0, 0.1) is 0 Å². The van der Waals surface area contributed by atoms with Crippen molar-refractivity contribution in [3.63, 3.8) is 0 Å². The van der Waals surface area contributed by atoms with E-state index < -0.39 is 27.5 Å². The Morgan fingerprint density at radius 1 is 1.35 bits per heavy atom. The third-order valence-electron chi connectivity index (χ3n) is 3.11. The average Bonchev–Trinajstić information content (AvgIpc) is 2.39. The molecule has 2 atom stereocenters. The molecule has 0 aliphatic carbocycles. The Kier molecular flexibility index (Phi) is 4.39. The summed E-state index contributed by atoms with van der Waals surface area (Å²) in [7, 11) is -2.35. The highest BCUT2D eigenvalue weighted by Crippen LogP contribution is 2.13. The van der Waals surface area contributed by atoms with Crippen molar-refractivity contribution in [2.45, 2.75) is 18.1 Å². The third-order valence-corrected chi connectivity index (χ3v) is 5.21. The number of benzene rings is 1. The highest BCUT2D eigenvalue weighted by atomic mass is 32.2. The van der Waals surface area contributed by atoms with Crippen LogP contribution in [0.5, 0.6) is 0 Å². The van der Waals surface area contributed by atoms with E-state index >= 15 is 0 Å². The number of sulfonamides is 1. The van der Waals surface area contributed by atoms with Gasteiger partial charge in [0.2, 0.25) is 15.9 Å². The van der Waals surface area contributed by atoms with Crippen LogP contribution >= 0.6 is 0 Å². The fourth-order valence-electron chi connectivity index (χ4n) is 1.98. The molecule has 1 aromatic carbocycles. The Balaban J connectivity index is 2.11. The van der Waals surface area contributed by atoms with Gasteiger partial charge in [0.1, 0.15) is 0 Å². The van der Waals surface area contributed by atoms with E-state index in [-0.39, 0.29) is 13.1 Å². The number of aliphatic hydroxyl groups excluding tert-OH is 1. The van der Waals surface area contributed by atoms with Crippen molar-refractivity contribution < 1.29 is 18.3 Å². The van der Waals surface area contributed by atoms with Crippen LogP contribution in [0.15, 0.2) is 30.3 Å². The van der Waals surface area contributed by atoms with E-state index in [0.717, 1.165) is 9.87 Å². The normalized spacial score (nSPS) is 23.6. The Hall–Kier alpha value is -1.48. The number of amides is 1. The molecule has 1 aliphatic heterocycles. The van der Waals surface area contributed by atoms with E-state index in [4.69, 9.17) is 0 Å². The molecule has 1 saturated heterocycles.